The average Bonchev–Trinajstić information content (AvgIpc) is 2.89. The molecule has 1 heterocycles. The van der Waals surface area contributed by atoms with Crippen LogP contribution < -0.4 is 4.74 Å². The number of nitrogens with zero attached hydrogens (tertiary/aromatic N) is 1. The number of ketones is 1. The first-order chi connectivity index (χ1) is 8.72. The summed E-state index contributed by atoms with van der Waals surface area (Å²) in [6.07, 6.45) is 3.02. The summed E-state index contributed by atoms with van der Waals surface area (Å²) in [5.41, 5.74) is 1.14. The normalized spacial score (nSPS) is 17.7. The number of Topliss-reactive ketones (excluding diaryl/α,β-unsaturated/α-hetero) is 1. The van der Waals surface area contributed by atoms with E-state index in [2.05, 4.69) is 11.0 Å². The third kappa shape index (κ3) is 2.91. The standard InChI is InChI=1S/C15H21NO2/c1-12(17)11-14(16-9-5-6-10-16)13-7-3-4-8-15(13)18-2/h3-4,7-8,14H,5-6,9-11H2,1-2H3. The number of ether oxygens (including phenoxy) is 1. The molecule has 1 aromatic carbocycles. The molecule has 0 spiro atoms. The molecule has 1 aromatic rings. The van der Waals surface area contributed by atoms with Gasteiger partial charge in [-0.15, -0.1) is 0 Å². The van der Waals surface area contributed by atoms with E-state index in [0.29, 0.717) is 6.42 Å². The van der Waals surface area contributed by atoms with Crippen LogP contribution in [0, 0.1) is 0 Å². The molecule has 1 fully saturated rings. The Morgan fingerprint density at radius 3 is 2.61 bits per heavy atom. The molecule has 1 saturated heterocycles. The van der Waals surface area contributed by atoms with Crippen molar-refractivity contribution in [3.63, 3.8) is 0 Å². The van der Waals surface area contributed by atoms with Gasteiger partial charge in [0.25, 0.3) is 0 Å². The Kier molecular flexibility index (Phi) is 4.37. The molecule has 1 unspecified atom stereocenters. The predicted molar refractivity (Wildman–Crippen MR) is 71.8 cm³/mol. The van der Waals surface area contributed by atoms with Crippen molar-refractivity contribution in [2.75, 3.05) is 20.2 Å². The van der Waals surface area contributed by atoms with Gasteiger partial charge >= 0.3 is 0 Å². The van der Waals surface area contributed by atoms with Crippen molar-refractivity contribution >= 4 is 5.78 Å². The molecule has 1 aliphatic heterocycles. The van der Waals surface area contributed by atoms with Crippen LogP contribution >= 0.6 is 0 Å². The number of benzene rings is 1. The van der Waals surface area contributed by atoms with Gasteiger partial charge in [0.05, 0.1) is 7.11 Å². The highest BCUT2D eigenvalue weighted by molar-refractivity contribution is 5.76. The first-order valence-corrected chi connectivity index (χ1v) is 6.58. The number of carbonyl (C=O) groups is 1. The van der Waals surface area contributed by atoms with Gasteiger partial charge < -0.3 is 4.74 Å². The van der Waals surface area contributed by atoms with Crippen LogP contribution in [0.2, 0.25) is 0 Å². The molecule has 0 radical (unpaired) electrons. The maximum absolute atomic E-state index is 11.5. The lowest BCUT2D eigenvalue weighted by molar-refractivity contribution is -0.118. The van der Waals surface area contributed by atoms with Crippen LogP contribution in [-0.4, -0.2) is 30.9 Å². The largest absolute Gasteiger partial charge is 0.496 e. The van der Waals surface area contributed by atoms with Crippen molar-refractivity contribution in [3.8, 4) is 5.75 Å². The Labute approximate surface area is 109 Å². The molecule has 1 aliphatic rings. The first kappa shape index (κ1) is 13.1. The van der Waals surface area contributed by atoms with Crippen LogP contribution in [0.4, 0.5) is 0 Å². The lowest BCUT2D eigenvalue weighted by Gasteiger charge is -2.28. The quantitative estimate of drug-likeness (QED) is 0.801. The van der Waals surface area contributed by atoms with Crippen molar-refractivity contribution in [1.82, 2.24) is 4.90 Å². The van der Waals surface area contributed by atoms with E-state index in [4.69, 9.17) is 4.74 Å². The van der Waals surface area contributed by atoms with Crippen LogP contribution in [0.25, 0.3) is 0 Å². The zero-order valence-corrected chi connectivity index (χ0v) is 11.2. The molecule has 0 amide bonds. The van der Waals surface area contributed by atoms with E-state index in [1.54, 1.807) is 14.0 Å². The molecule has 0 aliphatic carbocycles. The summed E-state index contributed by atoms with van der Waals surface area (Å²) in [7, 11) is 1.69. The highest BCUT2D eigenvalue weighted by atomic mass is 16.5. The second-order valence-electron chi connectivity index (χ2n) is 4.91. The van der Waals surface area contributed by atoms with Gasteiger partial charge in [0.1, 0.15) is 11.5 Å². The third-order valence-electron chi connectivity index (χ3n) is 3.56. The van der Waals surface area contributed by atoms with E-state index in [9.17, 15) is 4.79 Å². The maximum atomic E-state index is 11.5. The second kappa shape index (κ2) is 6.01. The smallest absolute Gasteiger partial charge is 0.131 e. The summed E-state index contributed by atoms with van der Waals surface area (Å²) in [5.74, 6) is 1.12. The van der Waals surface area contributed by atoms with Gasteiger partial charge in [0, 0.05) is 18.0 Å². The minimum Gasteiger partial charge on any atom is -0.496 e. The summed E-state index contributed by atoms with van der Waals surface area (Å²) in [6.45, 7) is 3.82. The molecule has 3 heteroatoms. The first-order valence-electron chi connectivity index (χ1n) is 6.58. The van der Waals surface area contributed by atoms with Gasteiger partial charge in [0.2, 0.25) is 0 Å². The molecule has 2 rings (SSSR count). The fourth-order valence-corrected chi connectivity index (χ4v) is 2.70. The minimum atomic E-state index is 0.168. The topological polar surface area (TPSA) is 29.5 Å². The molecular formula is C15H21NO2. The average molecular weight is 247 g/mol. The number of carbonyl (C=O) groups excluding carboxylic acids is 1. The van der Waals surface area contributed by atoms with Gasteiger partial charge in [-0.25, -0.2) is 0 Å². The number of para-hydroxylation sites is 1. The van der Waals surface area contributed by atoms with Crippen molar-refractivity contribution in [2.45, 2.75) is 32.2 Å². The lowest BCUT2D eigenvalue weighted by atomic mass is 9.99. The van der Waals surface area contributed by atoms with E-state index in [0.717, 1.165) is 24.4 Å². The van der Waals surface area contributed by atoms with E-state index in [1.165, 1.54) is 12.8 Å². The van der Waals surface area contributed by atoms with Crippen molar-refractivity contribution in [1.29, 1.82) is 0 Å². The Morgan fingerprint density at radius 1 is 1.33 bits per heavy atom. The molecule has 98 valence electrons. The lowest BCUT2D eigenvalue weighted by Crippen LogP contribution is -2.27. The van der Waals surface area contributed by atoms with E-state index in [-0.39, 0.29) is 11.8 Å². The highest BCUT2D eigenvalue weighted by Crippen LogP contribution is 2.33. The zero-order chi connectivity index (χ0) is 13.0. The molecule has 0 aromatic heterocycles. The minimum absolute atomic E-state index is 0.168. The number of hydrogen-bond donors (Lipinski definition) is 0. The Bertz CT molecular complexity index is 411. The predicted octanol–water partition coefficient (Wildman–Crippen LogP) is 2.81. The molecule has 18 heavy (non-hydrogen) atoms. The molecule has 0 saturated carbocycles. The molecule has 1 atom stereocenters. The molecular weight excluding hydrogens is 226 g/mol. The Hall–Kier alpha value is -1.35. The summed E-state index contributed by atoms with van der Waals surface area (Å²) < 4.78 is 5.43. The van der Waals surface area contributed by atoms with Gasteiger partial charge in [-0.1, -0.05) is 18.2 Å². The number of likely N-dealkylation sites (tertiary alicyclic amines) is 1. The van der Waals surface area contributed by atoms with Crippen LogP contribution in [0.5, 0.6) is 5.75 Å². The van der Waals surface area contributed by atoms with Gasteiger partial charge in [-0.3, -0.25) is 9.69 Å². The van der Waals surface area contributed by atoms with Crippen LogP contribution in [0.15, 0.2) is 24.3 Å². The summed E-state index contributed by atoms with van der Waals surface area (Å²) in [4.78, 5) is 13.9. The SMILES string of the molecule is COc1ccccc1C(CC(C)=O)N1CCCC1. The number of rotatable bonds is 5. The summed E-state index contributed by atoms with van der Waals surface area (Å²) in [5, 5.41) is 0. The monoisotopic (exact) mass is 247 g/mol. The highest BCUT2D eigenvalue weighted by Gasteiger charge is 2.26. The maximum Gasteiger partial charge on any atom is 0.131 e. The molecule has 3 nitrogen and oxygen atoms in total. The van der Waals surface area contributed by atoms with E-state index >= 15 is 0 Å². The fraction of sp³-hybridized carbons (Fsp3) is 0.533. The van der Waals surface area contributed by atoms with Crippen molar-refractivity contribution in [3.05, 3.63) is 29.8 Å². The van der Waals surface area contributed by atoms with Crippen LogP contribution in [0.1, 0.15) is 37.8 Å². The van der Waals surface area contributed by atoms with Crippen molar-refractivity contribution in [2.24, 2.45) is 0 Å². The summed E-state index contributed by atoms with van der Waals surface area (Å²) in [6, 6.07) is 8.20. The summed E-state index contributed by atoms with van der Waals surface area (Å²) >= 11 is 0. The van der Waals surface area contributed by atoms with Gasteiger partial charge in [0.15, 0.2) is 0 Å². The Balaban J connectivity index is 2.29. The van der Waals surface area contributed by atoms with E-state index in [1.807, 2.05) is 18.2 Å². The van der Waals surface area contributed by atoms with Crippen molar-refractivity contribution < 1.29 is 9.53 Å². The zero-order valence-electron chi connectivity index (χ0n) is 11.2. The number of methoxy groups -OCH3 is 1. The third-order valence-corrected chi connectivity index (χ3v) is 3.56. The van der Waals surface area contributed by atoms with Crippen LogP contribution in [-0.2, 0) is 4.79 Å². The fourth-order valence-electron chi connectivity index (χ4n) is 2.70. The second-order valence-corrected chi connectivity index (χ2v) is 4.91. The van der Waals surface area contributed by atoms with Gasteiger partial charge in [-0.05, 0) is 38.9 Å². The van der Waals surface area contributed by atoms with Crippen LogP contribution in [0.3, 0.4) is 0 Å². The van der Waals surface area contributed by atoms with Gasteiger partial charge in [-0.2, -0.15) is 0 Å². The Morgan fingerprint density at radius 2 is 2.00 bits per heavy atom. The molecule has 0 N–H and O–H groups in total. The van der Waals surface area contributed by atoms with E-state index < -0.39 is 0 Å². The number of hydrogen-bond acceptors (Lipinski definition) is 3. The molecule has 0 bridgehead atoms.